The highest BCUT2D eigenvalue weighted by Crippen LogP contribution is 2.40. The Bertz CT molecular complexity index is 576. The Morgan fingerprint density at radius 2 is 1.11 bits per heavy atom. The van der Waals surface area contributed by atoms with Crippen molar-refractivity contribution in [3.63, 3.8) is 0 Å². The number of carboxylic acid groups (broad SMARTS) is 2. The van der Waals surface area contributed by atoms with Gasteiger partial charge in [-0.1, -0.05) is 45.1 Å². The first-order chi connectivity index (χ1) is 12.8. The van der Waals surface area contributed by atoms with Crippen LogP contribution in [0.25, 0.3) is 0 Å². The molecule has 0 aliphatic heterocycles. The first-order valence-corrected chi connectivity index (χ1v) is 9.99. The second-order valence-electron chi connectivity index (χ2n) is 8.13. The third kappa shape index (κ3) is 5.05. The lowest BCUT2D eigenvalue weighted by Crippen LogP contribution is -2.42. The Kier molecular flexibility index (Phi) is 7.33. The van der Waals surface area contributed by atoms with Gasteiger partial charge in [0.2, 0.25) is 0 Å². The van der Waals surface area contributed by atoms with Crippen LogP contribution < -0.4 is 0 Å². The Morgan fingerprint density at radius 1 is 0.741 bits per heavy atom. The molecule has 0 spiro atoms. The van der Waals surface area contributed by atoms with E-state index in [0.29, 0.717) is 25.7 Å². The normalized spacial score (nSPS) is 19.4. The largest absolute Gasteiger partial charge is 0.481 e. The molecule has 2 rings (SSSR count). The number of rotatable bonds is 9. The number of hydrogen-bond donors (Lipinski definition) is 2. The zero-order valence-corrected chi connectivity index (χ0v) is 15.9. The Labute approximate surface area is 160 Å². The van der Waals surface area contributed by atoms with Gasteiger partial charge < -0.3 is 10.2 Å². The van der Waals surface area contributed by atoms with Crippen LogP contribution in [0.4, 0.5) is 0 Å². The predicted octanol–water partition coefficient (Wildman–Crippen LogP) is 3.78. The summed E-state index contributed by atoms with van der Waals surface area (Å²) in [5, 5.41) is 19.3. The molecule has 0 aromatic heterocycles. The van der Waals surface area contributed by atoms with E-state index in [9.17, 15) is 29.4 Å². The number of aliphatic carboxylic acids is 2. The van der Waals surface area contributed by atoms with E-state index >= 15 is 0 Å². The number of hydrogen-bond acceptors (Lipinski definition) is 4. The van der Waals surface area contributed by atoms with Crippen molar-refractivity contribution in [1.29, 1.82) is 0 Å². The summed E-state index contributed by atoms with van der Waals surface area (Å²) in [6.45, 7) is 3.46. The van der Waals surface area contributed by atoms with Gasteiger partial charge in [0, 0.05) is 30.3 Å². The quantitative estimate of drug-likeness (QED) is 0.591. The van der Waals surface area contributed by atoms with Crippen molar-refractivity contribution >= 4 is 23.5 Å². The molecule has 6 heteroatoms. The highest BCUT2D eigenvalue weighted by molar-refractivity contribution is 6.02. The lowest BCUT2D eigenvalue weighted by atomic mass is 9.68. The number of carboxylic acids is 2. The summed E-state index contributed by atoms with van der Waals surface area (Å²) in [4.78, 5) is 49.3. The van der Waals surface area contributed by atoms with Crippen molar-refractivity contribution in [2.45, 2.75) is 77.0 Å². The second-order valence-corrected chi connectivity index (χ2v) is 8.13. The van der Waals surface area contributed by atoms with E-state index in [1.54, 1.807) is 0 Å². The minimum absolute atomic E-state index is 0.246. The van der Waals surface area contributed by atoms with Gasteiger partial charge in [0.05, 0.1) is 0 Å². The topological polar surface area (TPSA) is 109 Å². The highest BCUT2D eigenvalue weighted by Gasteiger charge is 2.49. The smallest absolute Gasteiger partial charge is 0.332 e. The van der Waals surface area contributed by atoms with Crippen molar-refractivity contribution in [3.05, 3.63) is 12.2 Å². The summed E-state index contributed by atoms with van der Waals surface area (Å²) in [5.41, 5.74) is -2.61. The lowest BCUT2D eigenvalue weighted by molar-refractivity contribution is -0.155. The van der Waals surface area contributed by atoms with Gasteiger partial charge in [0.25, 0.3) is 0 Å². The molecule has 27 heavy (non-hydrogen) atoms. The average Bonchev–Trinajstić information content (AvgIpc) is 2.67. The van der Waals surface area contributed by atoms with E-state index < -0.39 is 35.8 Å². The van der Waals surface area contributed by atoms with E-state index in [2.05, 4.69) is 6.58 Å². The third-order valence-electron chi connectivity index (χ3n) is 6.32. The molecular weight excluding hydrogens is 348 g/mol. The van der Waals surface area contributed by atoms with Gasteiger partial charge >= 0.3 is 11.9 Å². The number of carbonyl (C=O) groups excluding carboxylic acids is 2. The number of ketones is 2. The molecule has 2 aliphatic carbocycles. The Morgan fingerprint density at radius 3 is 1.41 bits per heavy atom. The zero-order valence-electron chi connectivity index (χ0n) is 15.9. The van der Waals surface area contributed by atoms with Crippen LogP contribution in [0.15, 0.2) is 12.2 Å². The summed E-state index contributed by atoms with van der Waals surface area (Å²) in [6.07, 6.45) is 7.63. The van der Waals surface area contributed by atoms with Crippen molar-refractivity contribution < 1.29 is 29.4 Å². The van der Waals surface area contributed by atoms with Crippen molar-refractivity contribution in [1.82, 2.24) is 0 Å². The minimum atomic E-state index is -2.05. The molecule has 2 aliphatic rings. The molecule has 0 atom stereocenters. The van der Waals surface area contributed by atoms with E-state index in [4.69, 9.17) is 0 Å². The van der Waals surface area contributed by atoms with Gasteiger partial charge in [-0.15, -0.1) is 0 Å². The number of Topliss-reactive ketones (excluding diaryl/α,β-unsaturated/α-hetero) is 2. The van der Waals surface area contributed by atoms with Crippen LogP contribution in [-0.4, -0.2) is 33.7 Å². The van der Waals surface area contributed by atoms with Crippen LogP contribution in [0.2, 0.25) is 0 Å². The molecule has 6 nitrogen and oxygen atoms in total. The summed E-state index contributed by atoms with van der Waals surface area (Å²) >= 11 is 0. The Balaban J connectivity index is 2.26. The van der Waals surface area contributed by atoms with Crippen LogP contribution in [-0.2, 0) is 19.2 Å². The molecule has 0 amide bonds. The van der Waals surface area contributed by atoms with Crippen LogP contribution in [0.3, 0.4) is 0 Å². The van der Waals surface area contributed by atoms with E-state index in [1.807, 2.05) is 0 Å². The van der Waals surface area contributed by atoms with Gasteiger partial charge in [-0.2, -0.15) is 0 Å². The molecule has 2 N–H and O–H groups in total. The maximum Gasteiger partial charge on any atom is 0.332 e. The highest BCUT2D eigenvalue weighted by atomic mass is 16.4. The standard InChI is InChI=1S/C21H30O6/c1-14(19(24)25)21(20(26)27,12-17(22)15-8-4-2-5-9-15)13-18(23)16-10-6-3-7-11-16/h15-16H,1-13H2,(H,24,25)(H,26,27). The predicted molar refractivity (Wildman–Crippen MR) is 99.2 cm³/mol. The van der Waals surface area contributed by atoms with E-state index in [1.165, 1.54) is 0 Å². The fourth-order valence-corrected chi connectivity index (χ4v) is 4.49. The second kappa shape index (κ2) is 9.29. The minimum Gasteiger partial charge on any atom is -0.481 e. The number of carbonyl (C=O) groups is 4. The molecule has 150 valence electrons. The molecule has 0 aromatic carbocycles. The SMILES string of the molecule is C=C(C(=O)O)C(CC(=O)C1CCCCC1)(CC(=O)C1CCCCC1)C(=O)O. The molecule has 0 radical (unpaired) electrons. The Hall–Kier alpha value is -1.98. The van der Waals surface area contributed by atoms with Crippen molar-refractivity contribution in [2.75, 3.05) is 0 Å². The monoisotopic (exact) mass is 378 g/mol. The molecule has 2 saturated carbocycles. The van der Waals surface area contributed by atoms with Crippen LogP contribution in [0.5, 0.6) is 0 Å². The average molecular weight is 378 g/mol. The van der Waals surface area contributed by atoms with Gasteiger partial charge in [-0.05, 0) is 25.7 Å². The van der Waals surface area contributed by atoms with Crippen LogP contribution >= 0.6 is 0 Å². The first-order valence-electron chi connectivity index (χ1n) is 9.99. The van der Waals surface area contributed by atoms with Crippen molar-refractivity contribution in [3.8, 4) is 0 Å². The molecule has 0 bridgehead atoms. The van der Waals surface area contributed by atoms with Crippen molar-refractivity contribution in [2.24, 2.45) is 17.3 Å². The van der Waals surface area contributed by atoms with Gasteiger partial charge in [-0.3, -0.25) is 14.4 Å². The fourth-order valence-electron chi connectivity index (χ4n) is 4.49. The molecule has 0 heterocycles. The molecule has 0 aromatic rings. The zero-order chi connectivity index (χ0) is 20.0. The van der Waals surface area contributed by atoms with E-state index in [-0.39, 0.29) is 23.4 Å². The molecular formula is C21H30O6. The van der Waals surface area contributed by atoms with Gasteiger partial charge in [-0.25, -0.2) is 4.79 Å². The van der Waals surface area contributed by atoms with Crippen LogP contribution in [0, 0.1) is 17.3 Å². The van der Waals surface area contributed by atoms with E-state index in [0.717, 1.165) is 38.5 Å². The summed E-state index contributed by atoms with van der Waals surface area (Å²) in [7, 11) is 0. The maximum atomic E-state index is 12.8. The third-order valence-corrected chi connectivity index (χ3v) is 6.32. The molecule has 0 unspecified atom stereocenters. The molecule has 0 saturated heterocycles. The van der Waals surface area contributed by atoms with Crippen LogP contribution in [0.1, 0.15) is 77.0 Å². The first kappa shape index (κ1) is 21.3. The summed E-state index contributed by atoms with van der Waals surface area (Å²) in [6, 6.07) is 0. The van der Waals surface area contributed by atoms with Gasteiger partial charge in [0.15, 0.2) is 0 Å². The van der Waals surface area contributed by atoms with Gasteiger partial charge in [0.1, 0.15) is 17.0 Å². The lowest BCUT2D eigenvalue weighted by Gasteiger charge is -2.32. The maximum absolute atomic E-state index is 12.8. The summed E-state index contributed by atoms with van der Waals surface area (Å²) in [5.74, 6) is -3.91. The summed E-state index contributed by atoms with van der Waals surface area (Å²) < 4.78 is 0. The molecule has 2 fully saturated rings. The fraction of sp³-hybridized carbons (Fsp3) is 0.714.